The molecule has 110 valence electrons. The van der Waals surface area contributed by atoms with Crippen LogP contribution in [0.25, 0.3) is 0 Å². The topological polar surface area (TPSA) is 157 Å². The van der Waals surface area contributed by atoms with Gasteiger partial charge >= 0.3 is 11.9 Å². The molecule has 0 aliphatic carbocycles. The molecule has 0 aliphatic heterocycles. The van der Waals surface area contributed by atoms with Crippen molar-refractivity contribution in [3.8, 4) is 0 Å². The van der Waals surface area contributed by atoms with E-state index in [0.717, 1.165) is 6.07 Å². The van der Waals surface area contributed by atoms with Crippen LogP contribution in [-0.4, -0.2) is 29.5 Å². The second kappa shape index (κ2) is 7.78. The highest BCUT2D eigenvalue weighted by Crippen LogP contribution is 2.07. The summed E-state index contributed by atoms with van der Waals surface area (Å²) in [6.45, 7) is 0. The summed E-state index contributed by atoms with van der Waals surface area (Å²) >= 11 is -5.59. The van der Waals surface area contributed by atoms with Crippen molar-refractivity contribution >= 4 is 34.5 Å². The lowest BCUT2D eigenvalue weighted by Crippen LogP contribution is -2.23. The van der Waals surface area contributed by atoms with E-state index in [4.69, 9.17) is 0 Å². The molecule has 0 bridgehead atoms. The zero-order chi connectivity index (χ0) is 15.1. The fraction of sp³-hybridized carbons (Fsp3) is 0. The van der Waals surface area contributed by atoms with Gasteiger partial charge in [0, 0.05) is 0 Å². The normalized spacial score (nSPS) is 13.3. The molecule has 0 amide bonds. The highest BCUT2D eigenvalue weighted by molar-refractivity contribution is 7.77. The van der Waals surface area contributed by atoms with E-state index in [1.54, 1.807) is 0 Å². The molecule has 2 N–H and O–H groups in total. The summed E-state index contributed by atoms with van der Waals surface area (Å²) < 4.78 is 40.5. The SMILES string of the molecule is O=C(ONS(=O)[O-])c1cccc(C(=O)ONS(=O)[O-])c1. The second-order valence-electron chi connectivity index (χ2n) is 3.00. The van der Waals surface area contributed by atoms with Gasteiger partial charge in [0.1, 0.15) is 0 Å². The minimum atomic E-state index is -2.80. The molecule has 20 heavy (non-hydrogen) atoms. The molecule has 1 aromatic rings. The number of hydrogen-bond donors (Lipinski definition) is 2. The molecule has 0 aliphatic rings. The van der Waals surface area contributed by atoms with Crippen LogP contribution in [0.1, 0.15) is 20.7 Å². The molecule has 2 atom stereocenters. The molecule has 1 aromatic carbocycles. The quantitative estimate of drug-likeness (QED) is 0.478. The molecule has 0 spiro atoms. The van der Waals surface area contributed by atoms with Gasteiger partial charge in [-0.15, -0.1) is 0 Å². The fourth-order valence-corrected chi connectivity index (χ4v) is 1.32. The van der Waals surface area contributed by atoms with Crippen LogP contribution in [0.3, 0.4) is 0 Å². The zero-order valence-electron chi connectivity index (χ0n) is 9.39. The van der Waals surface area contributed by atoms with Gasteiger partial charge in [-0.3, -0.25) is 8.42 Å². The van der Waals surface area contributed by atoms with Crippen LogP contribution in [0.2, 0.25) is 0 Å². The first-order valence-electron chi connectivity index (χ1n) is 4.62. The van der Waals surface area contributed by atoms with Gasteiger partial charge in [0.25, 0.3) is 0 Å². The maximum absolute atomic E-state index is 11.4. The molecule has 0 aromatic heterocycles. The Morgan fingerprint density at radius 1 is 0.950 bits per heavy atom. The lowest BCUT2D eigenvalue weighted by molar-refractivity contribution is 0.0399. The number of carbonyl (C=O) groups is 2. The van der Waals surface area contributed by atoms with Gasteiger partial charge in [0.05, 0.1) is 33.7 Å². The Bertz CT molecular complexity index is 518. The standard InChI is InChI=1S/C8H8N2O8S2/c11-7(17-9-19(13)14)5-2-1-3-6(4-5)8(12)18-10-20(15)16/h1-4,9-10H,(H,13,14)(H,15,16)/p-2. The van der Waals surface area contributed by atoms with Gasteiger partial charge in [-0.25, -0.2) is 9.59 Å². The monoisotopic (exact) mass is 322 g/mol. The van der Waals surface area contributed by atoms with E-state index in [-0.39, 0.29) is 11.1 Å². The van der Waals surface area contributed by atoms with E-state index >= 15 is 0 Å². The Kier molecular flexibility index (Phi) is 6.37. The third-order valence-electron chi connectivity index (χ3n) is 1.74. The van der Waals surface area contributed by atoms with Crippen LogP contribution >= 0.6 is 0 Å². The van der Waals surface area contributed by atoms with Gasteiger partial charge in [0.2, 0.25) is 0 Å². The van der Waals surface area contributed by atoms with Gasteiger partial charge < -0.3 is 18.8 Å². The Labute approximate surface area is 117 Å². The smallest absolute Gasteiger partial charge is 0.357 e. The number of hydrogen-bond acceptors (Lipinski definition) is 8. The van der Waals surface area contributed by atoms with Crippen LogP contribution in [0.15, 0.2) is 24.3 Å². The van der Waals surface area contributed by atoms with Crippen molar-refractivity contribution in [2.75, 3.05) is 0 Å². The molecule has 0 radical (unpaired) electrons. The Balaban J connectivity index is 2.74. The summed E-state index contributed by atoms with van der Waals surface area (Å²) in [5.74, 6) is -2.13. The number of benzene rings is 1. The summed E-state index contributed by atoms with van der Waals surface area (Å²) in [6, 6.07) is 4.80. The largest absolute Gasteiger partial charge is 0.758 e. The zero-order valence-corrected chi connectivity index (χ0v) is 11.0. The molecule has 0 saturated carbocycles. The average molecular weight is 322 g/mol. The molecule has 0 heterocycles. The van der Waals surface area contributed by atoms with Crippen LogP contribution in [0, 0.1) is 0 Å². The number of carbonyl (C=O) groups excluding carboxylic acids is 2. The van der Waals surface area contributed by atoms with E-state index in [0.29, 0.717) is 0 Å². The molecule has 12 heteroatoms. The van der Waals surface area contributed by atoms with Crippen molar-refractivity contribution in [1.29, 1.82) is 0 Å². The van der Waals surface area contributed by atoms with Crippen molar-refractivity contribution in [2.24, 2.45) is 0 Å². The first-order valence-corrected chi connectivity index (χ1v) is 6.77. The minimum Gasteiger partial charge on any atom is -0.758 e. The van der Waals surface area contributed by atoms with Crippen molar-refractivity contribution in [3.63, 3.8) is 0 Å². The third kappa shape index (κ3) is 5.52. The molecule has 0 fully saturated rings. The van der Waals surface area contributed by atoms with Crippen LogP contribution < -0.4 is 9.77 Å². The summed E-state index contributed by atoms with van der Waals surface area (Å²) in [4.78, 5) is 33.8. The lowest BCUT2D eigenvalue weighted by Gasteiger charge is -2.09. The number of rotatable bonds is 6. The predicted molar refractivity (Wildman–Crippen MR) is 61.4 cm³/mol. The molecular weight excluding hydrogens is 316 g/mol. The molecule has 0 saturated heterocycles. The lowest BCUT2D eigenvalue weighted by atomic mass is 10.1. The summed E-state index contributed by atoms with van der Waals surface area (Å²) in [7, 11) is 0. The van der Waals surface area contributed by atoms with Gasteiger partial charge in [0.15, 0.2) is 0 Å². The van der Waals surface area contributed by atoms with E-state index < -0.39 is 34.5 Å². The van der Waals surface area contributed by atoms with Crippen molar-refractivity contribution in [2.45, 2.75) is 0 Å². The van der Waals surface area contributed by atoms with Crippen molar-refractivity contribution in [1.82, 2.24) is 9.77 Å². The Morgan fingerprint density at radius 3 is 1.70 bits per heavy atom. The van der Waals surface area contributed by atoms with Crippen molar-refractivity contribution < 1.29 is 36.8 Å². The third-order valence-corrected chi connectivity index (χ3v) is 2.18. The summed E-state index contributed by atoms with van der Waals surface area (Å²) in [5, 5.41) is 0. The molecular formula is C8H6N2O8S2-2. The van der Waals surface area contributed by atoms with Gasteiger partial charge in [-0.1, -0.05) is 15.8 Å². The fourth-order valence-electron chi connectivity index (χ4n) is 1.03. The van der Waals surface area contributed by atoms with Crippen LogP contribution in [0.4, 0.5) is 0 Å². The maximum atomic E-state index is 11.4. The molecule has 10 nitrogen and oxygen atoms in total. The van der Waals surface area contributed by atoms with E-state index in [9.17, 15) is 27.1 Å². The molecule has 2 unspecified atom stereocenters. The van der Waals surface area contributed by atoms with Crippen LogP contribution in [-0.2, 0) is 32.2 Å². The summed E-state index contributed by atoms with van der Waals surface area (Å²) in [6.07, 6.45) is 0. The summed E-state index contributed by atoms with van der Waals surface area (Å²) in [5.41, 5.74) is -0.304. The van der Waals surface area contributed by atoms with E-state index in [2.05, 4.69) is 9.68 Å². The highest BCUT2D eigenvalue weighted by atomic mass is 32.2. The van der Waals surface area contributed by atoms with Crippen LogP contribution in [0.5, 0.6) is 0 Å². The van der Waals surface area contributed by atoms with E-state index in [1.165, 1.54) is 28.0 Å². The maximum Gasteiger partial charge on any atom is 0.357 e. The predicted octanol–water partition coefficient (Wildman–Crippen LogP) is -1.40. The Morgan fingerprint density at radius 2 is 1.35 bits per heavy atom. The first-order chi connectivity index (χ1) is 9.40. The first kappa shape index (κ1) is 16.4. The second-order valence-corrected chi connectivity index (χ2v) is 4.27. The molecule has 1 rings (SSSR count). The van der Waals surface area contributed by atoms with E-state index in [1.807, 2.05) is 0 Å². The van der Waals surface area contributed by atoms with Crippen molar-refractivity contribution in [3.05, 3.63) is 35.4 Å². The Hall–Kier alpha value is -1.70. The highest BCUT2D eigenvalue weighted by Gasteiger charge is 2.13. The van der Waals surface area contributed by atoms with Gasteiger partial charge in [-0.2, -0.15) is 0 Å². The number of nitrogens with one attached hydrogen (secondary N) is 2. The van der Waals surface area contributed by atoms with Gasteiger partial charge in [-0.05, 0) is 18.2 Å². The average Bonchev–Trinajstić information content (AvgIpc) is 2.42. The minimum absolute atomic E-state index is 0.152.